The predicted octanol–water partition coefficient (Wildman–Crippen LogP) is 4.63. The molecule has 96 valence electrons. The number of benzene rings is 1. The van der Waals surface area contributed by atoms with E-state index in [0.29, 0.717) is 0 Å². The van der Waals surface area contributed by atoms with Gasteiger partial charge >= 0.3 is 0 Å². The average Bonchev–Trinajstić information content (AvgIpc) is 2.88. The van der Waals surface area contributed by atoms with Gasteiger partial charge in [0.05, 0.1) is 23.6 Å². The molecule has 0 aliphatic heterocycles. The Morgan fingerprint density at radius 3 is 2.78 bits per heavy atom. The monoisotopic (exact) mass is 375 g/mol. The molecule has 0 saturated heterocycles. The van der Waals surface area contributed by atoms with E-state index in [2.05, 4.69) is 40.9 Å². The van der Waals surface area contributed by atoms with Gasteiger partial charge in [0.1, 0.15) is 0 Å². The Balaban J connectivity index is 2.30. The Kier molecular flexibility index (Phi) is 5.09. The van der Waals surface area contributed by atoms with Gasteiger partial charge in [0, 0.05) is 9.13 Å². The standard InChI is InChI=1S/C14H15ClINO/c1-2-6-17-14(11-5-7-18-9-11)10-3-4-13(16)12(15)8-10/h3-5,7-9,14,17H,2,6H2,1H3. The van der Waals surface area contributed by atoms with Gasteiger partial charge in [-0.2, -0.15) is 0 Å². The molecule has 1 unspecified atom stereocenters. The van der Waals surface area contributed by atoms with E-state index in [-0.39, 0.29) is 6.04 Å². The lowest BCUT2D eigenvalue weighted by atomic mass is 10.0. The zero-order valence-electron chi connectivity index (χ0n) is 10.1. The number of furan rings is 1. The molecule has 0 saturated carbocycles. The summed E-state index contributed by atoms with van der Waals surface area (Å²) in [7, 11) is 0. The zero-order chi connectivity index (χ0) is 13.0. The van der Waals surface area contributed by atoms with Gasteiger partial charge in [0.2, 0.25) is 0 Å². The second-order valence-electron chi connectivity index (χ2n) is 4.12. The maximum atomic E-state index is 6.19. The summed E-state index contributed by atoms with van der Waals surface area (Å²) in [6, 6.07) is 8.29. The lowest BCUT2D eigenvalue weighted by molar-refractivity contribution is 0.548. The van der Waals surface area contributed by atoms with E-state index in [1.165, 1.54) is 0 Å². The smallest absolute Gasteiger partial charge is 0.0953 e. The Bertz CT molecular complexity index is 499. The molecule has 1 N–H and O–H groups in total. The van der Waals surface area contributed by atoms with Crippen molar-refractivity contribution in [2.75, 3.05) is 6.54 Å². The van der Waals surface area contributed by atoms with Crippen LogP contribution in [0, 0.1) is 3.57 Å². The van der Waals surface area contributed by atoms with Crippen LogP contribution in [-0.4, -0.2) is 6.54 Å². The van der Waals surface area contributed by atoms with Crippen LogP contribution in [0.4, 0.5) is 0 Å². The Hall–Kier alpha value is -0.520. The van der Waals surface area contributed by atoms with Crippen LogP contribution in [0.5, 0.6) is 0 Å². The summed E-state index contributed by atoms with van der Waals surface area (Å²) in [5, 5.41) is 4.31. The highest BCUT2D eigenvalue weighted by molar-refractivity contribution is 14.1. The summed E-state index contributed by atoms with van der Waals surface area (Å²) in [6.07, 6.45) is 4.57. The molecule has 1 aromatic heterocycles. The fourth-order valence-corrected chi connectivity index (χ4v) is 2.37. The number of hydrogen-bond acceptors (Lipinski definition) is 2. The first-order valence-electron chi connectivity index (χ1n) is 5.92. The van der Waals surface area contributed by atoms with Crippen molar-refractivity contribution in [2.24, 2.45) is 0 Å². The molecular weight excluding hydrogens is 361 g/mol. The molecule has 0 radical (unpaired) electrons. The lowest BCUT2D eigenvalue weighted by Gasteiger charge is -2.18. The second kappa shape index (κ2) is 6.59. The summed E-state index contributed by atoms with van der Waals surface area (Å²) in [4.78, 5) is 0. The highest BCUT2D eigenvalue weighted by atomic mass is 127. The zero-order valence-corrected chi connectivity index (χ0v) is 13.0. The van der Waals surface area contributed by atoms with Gasteiger partial charge < -0.3 is 9.73 Å². The maximum Gasteiger partial charge on any atom is 0.0953 e. The third kappa shape index (κ3) is 3.28. The molecule has 1 atom stereocenters. The average molecular weight is 376 g/mol. The lowest BCUT2D eigenvalue weighted by Crippen LogP contribution is -2.22. The molecule has 0 bridgehead atoms. The van der Waals surface area contributed by atoms with Crippen molar-refractivity contribution >= 4 is 34.2 Å². The van der Waals surface area contributed by atoms with Crippen molar-refractivity contribution in [3.8, 4) is 0 Å². The fraction of sp³-hybridized carbons (Fsp3) is 0.286. The van der Waals surface area contributed by atoms with Gasteiger partial charge in [-0.15, -0.1) is 0 Å². The van der Waals surface area contributed by atoms with Crippen molar-refractivity contribution in [2.45, 2.75) is 19.4 Å². The van der Waals surface area contributed by atoms with Crippen molar-refractivity contribution in [3.05, 3.63) is 56.5 Å². The van der Waals surface area contributed by atoms with Crippen LogP contribution < -0.4 is 5.32 Å². The molecule has 1 aromatic carbocycles. The molecule has 4 heteroatoms. The maximum absolute atomic E-state index is 6.19. The van der Waals surface area contributed by atoms with E-state index in [0.717, 1.165) is 32.7 Å². The number of halogens is 2. The van der Waals surface area contributed by atoms with E-state index in [9.17, 15) is 0 Å². The van der Waals surface area contributed by atoms with E-state index in [1.807, 2.05) is 18.2 Å². The summed E-state index contributed by atoms with van der Waals surface area (Å²) < 4.78 is 6.25. The fourth-order valence-electron chi connectivity index (χ4n) is 1.85. The topological polar surface area (TPSA) is 25.2 Å². The Labute approximate surface area is 126 Å². The quantitative estimate of drug-likeness (QED) is 0.771. The van der Waals surface area contributed by atoms with E-state index in [1.54, 1.807) is 12.5 Å². The largest absolute Gasteiger partial charge is 0.472 e. The molecule has 0 spiro atoms. The van der Waals surface area contributed by atoms with Gasteiger partial charge in [-0.1, -0.05) is 24.6 Å². The van der Waals surface area contributed by atoms with E-state index < -0.39 is 0 Å². The van der Waals surface area contributed by atoms with Gasteiger partial charge in [-0.3, -0.25) is 0 Å². The van der Waals surface area contributed by atoms with Crippen LogP contribution in [-0.2, 0) is 0 Å². The van der Waals surface area contributed by atoms with Gasteiger partial charge in [0.25, 0.3) is 0 Å². The molecule has 1 heterocycles. The van der Waals surface area contributed by atoms with Crippen LogP contribution in [0.15, 0.2) is 41.2 Å². The van der Waals surface area contributed by atoms with Crippen LogP contribution in [0.1, 0.15) is 30.5 Å². The molecule has 18 heavy (non-hydrogen) atoms. The van der Waals surface area contributed by atoms with Crippen molar-refractivity contribution in [1.29, 1.82) is 0 Å². The van der Waals surface area contributed by atoms with Crippen molar-refractivity contribution in [3.63, 3.8) is 0 Å². The molecule has 2 aromatic rings. The molecule has 0 amide bonds. The minimum Gasteiger partial charge on any atom is -0.472 e. The molecular formula is C14H15ClINO. The normalized spacial score (nSPS) is 12.6. The molecule has 2 rings (SSSR count). The van der Waals surface area contributed by atoms with Crippen LogP contribution >= 0.6 is 34.2 Å². The number of nitrogens with one attached hydrogen (secondary N) is 1. The highest BCUT2D eigenvalue weighted by Crippen LogP contribution is 2.27. The van der Waals surface area contributed by atoms with Crippen molar-refractivity contribution in [1.82, 2.24) is 5.32 Å². The minimum atomic E-state index is 0.137. The van der Waals surface area contributed by atoms with E-state index in [4.69, 9.17) is 16.0 Å². The SMILES string of the molecule is CCCNC(c1ccoc1)c1ccc(I)c(Cl)c1. The minimum absolute atomic E-state index is 0.137. The molecule has 0 aliphatic carbocycles. The van der Waals surface area contributed by atoms with Gasteiger partial charge in [0.15, 0.2) is 0 Å². The first kappa shape index (κ1) is 13.9. The second-order valence-corrected chi connectivity index (χ2v) is 5.69. The van der Waals surface area contributed by atoms with Crippen LogP contribution in [0.25, 0.3) is 0 Å². The summed E-state index contributed by atoms with van der Waals surface area (Å²) in [5.41, 5.74) is 2.29. The molecule has 0 fully saturated rings. The highest BCUT2D eigenvalue weighted by Gasteiger charge is 2.15. The number of hydrogen-bond donors (Lipinski definition) is 1. The first-order chi connectivity index (χ1) is 8.72. The van der Waals surface area contributed by atoms with Gasteiger partial charge in [-0.05, 0) is 59.3 Å². The summed E-state index contributed by atoms with van der Waals surface area (Å²) >= 11 is 8.43. The summed E-state index contributed by atoms with van der Waals surface area (Å²) in [6.45, 7) is 3.11. The molecule has 2 nitrogen and oxygen atoms in total. The van der Waals surface area contributed by atoms with Crippen LogP contribution in [0.3, 0.4) is 0 Å². The summed E-state index contributed by atoms with van der Waals surface area (Å²) in [5.74, 6) is 0. The van der Waals surface area contributed by atoms with Crippen molar-refractivity contribution < 1.29 is 4.42 Å². The molecule has 0 aliphatic rings. The van der Waals surface area contributed by atoms with Crippen LogP contribution in [0.2, 0.25) is 5.02 Å². The first-order valence-corrected chi connectivity index (χ1v) is 7.38. The predicted molar refractivity (Wildman–Crippen MR) is 83.0 cm³/mol. The Morgan fingerprint density at radius 1 is 1.33 bits per heavy atom. The van der Waals surface area contributed by atoms with Gasteiger partial charge in [-0.25, -0.2) is 0 Å². The Morgan fingerprint density at radius 2 is 2.17 bits per heavy atom. The third-order valence-corrected chi connectivity index (χ3v) is 4.32. The third-order valence-electron chi connectivity index (χ3n) is 2.75. The van der Waals surface area contributed by atoms with E-state index >= 15 is 0 Å². The number of rotatable bonds is 5.